The molecule has 0 aliphatic rings. The quantitative estimate of drug-likeness (QED) is 0.793. The molecule has 20 heavy (non-hydrogen) atoms. The third-order valence-corrected chi connectivity index (χ3v) is 4.89. The van der Waals surface area contributed by atoms with E-state index in [0.29, 0.717) is 10.7 Å². The van der Waals surface area contributed by atoms with E-state index >= 15 is 0 Å². The molecule has 2 rings (SSSR count). The maximum absolute atomic E-state index is 12.1. The number of nitrogens with one attached hydrogen (secondary N) is 1. The van der Waals surface area contributed by atoms with Crippen molar-refractivity contribution in [3.63, 3.8) is 0 Å². The van der Waals surface area contributed by atoms with Crippen molar-refractivity contribution in [2.45, 2.75) is 18.4 Å². The Morgan fingerprint density at radius 1 is 1.40 bits per heavy atom. The number of thiazole rings is 1. The number of nitrogens with two attached hydrogens (primary N) is 1. The van der Waals surface area contributed by atoms with Gasteiger partial charge in [-0.05, 0) is 19.1 Å². The highest BCUT2D eigenvalue weighted by Crippen LogP contribution is 2.13. The second kappa shape index (κ2) is 5.92. The van der Waals surface area contributed by atoms with Crippen LogP contribution in [0.4, 0.5) is 0 Å². The number of thiocarbonyl (C=S) groups is 1. The van der Waals surface area contributed by atoms with Crippen LogP contribution in [-0.2, 0) is 16.6 Å². The molecule has 0 unspecified atom stereocenters. The van der Waals surface area contributed by atoms with Crippen molar-refractivity contribution >= 4 is 38.6 Å². The predicted octanol–water partition coefficient (Wildman–Crippen LogP) is 0.959. The van der Waals surface area contributed by atoms with E-state index in [-0.39, 0.29) is 16.4 Å². The molecule has 9 heteroatoms. The Bertz CT molecular complexity index is 722. The molecule has 0 aliphatic heterocycles. The lowest BCUT2D eigenvalue weighted by atomic mass is 10.3. The number of nitrogens with zero attached hydrogens (tertiary/aromatic N) is 2. The Hall–Kier alpha value is -1.42. The predicted molar refractivity (Wildman–Crippen MR) is 81.0 cm³/mol. The molecule has 0 atom stereocenters. The number of sulfonamides is 1. The third kappa shape index (κ3) is 3.57. The molecule has 106 valence electrons. The Balaban J connectivity index is 2.11. The minimum absolute atomic E-state index is 0.0609. The van der Waals surface area contributed by atoms with Crippen LogP contribution in [0.5, 0.6) is 0 Å². The number of aryl methyl sites for hydroxylation is 1. The first kappa shape index (κ1) is 15.0. The summed E-state index contributed by atoms with van der Waals surface area (Å²) < 4.78 is 26.6. The Morgan fingerprint density at radius 3 is 2.65 bits per heavy atom. The van der Waals surface area contributed by atoms with Crippen molar-refractivity contribution in [3.05, 3.63) is 40.1 Å². The van der Waals surface area contributed by atoms with Gasteiger partial charge in [0.15, 0.2) is 0 Å². The van der Waals surface area contributed by atoms with Gasteiger partial charge in [-0.2, -0.15) is 0 Å². The van der Waals surface area contributed by atoms with Crippen molar-refractivity contribution < 1.29 is 8.42 Å². The standard InChI is InChI=1S/C11H12N4O2S3/c1-7-4-14-10(19-7)6-15-20(16,17)8-2-3-9(11(12)18)13-5-8/h2-5,15H,6H2,1H3,(H2,12,18). The van der Waals surface area contributed by atoms with Gasteiger partial charge in [0.1, 0.15) is 14.9 Å². The van der Waals surface area contributed by atoms with E-state index in [9.17, 15) is 8.42 Å². The summed E-state index contributed by atoms with van der Waals surface area (Å²) in [5.41, 5.74) is 5.79. The summed E-state index contributed by atoms with van der Waals surface area (Å²) in [5, 5.41) is 0.707. The Morgan fingerprint density at radius 2 is 2.15 bits per heavy atom. The number of pyridine rings is 1. The van der Waals surface area contributed by atoms with Gasteiger partial charge in [0.2, 0.25) is 10.0 Å². The molecule has 6 nitrogen and oxygen atoms in total. The number of rotatable bonds is 5. The first-order chi connectivity index (χ1) is 9.38. The summed E-state index contributed by atoms with van der Waals surface area (Å²) >= 11 is 6.20. The van der Waals surface area contributed by atoms with Crippen molar-refractivity contribution in [3.8, 4) is 0 Å². The van der Waals surface area contributed by atoms with Gasteiger partial charge in [-0.3, -0.25) is 4.98 Å². The minimum atomic E-state index is -3.62. The second-order valence-corrected chi connectivity index (χ2v) is 7.46. The highest BCUT2D eigenvalue weighted by Gasteiger charge is 2.15. The third-order valence-electron chi connectivity index (χ3n) is 2.38. The Labute approximate surface area is 126 Å². The fourth-order valence-electron chi connectivity index (χ4n) is 1.41. The average molecular weight is 328 g/mol. The maximum Gasteiger partial charge on any atom is 0.242 e. The minimum Gasteiger partial charge on any atom is -0.388 e. The van der Waals surface area contributed by atoms with Crippen LogP contribution in [0.15, 0.2) is 29.4 Å². The molecule has 3 N–H and O–H groups in total. The van der Waals surface area contributed by atoms with Crippen LogP contribution in [0.2, 0.25) is 0 Å². The molecule has 0 bridgehead atoms. The molecular formula is C11H12N4O2S3. The molecule has 2 heterocycles. The van der Waals surface area contributed by atoms with Crippen molar-refractivity contribution in [1.82, 2.24) is 14.7 Å². The van der Waals surface area contributed by atoms with Gasteiger partial charge in [0, 0.05) is 17.3 Å². The summed E-state index contributed by atoms with van der Waals surface area (Å²) in [6.45, 7) is 2.06. The molecule has 0 aromatic carbocycles. The molecule has 0 saturated carbocycles. The van der Waals surface area contributed by atoms with E-state index in [4.69, 9.17) is 18.0 Å². The highest BCUT2D eigenvalue weighted by atomic mass is 32.2. The molecule has 0 fully saturated rings. The van der Waals surface area contributed by atoms with Gasteiger partial charge in [-0.25, -0.2) is 18.1 Å². The number of aromatic nitrogens is 2. The fourth-order valence-corrected chi connectivity index (χ4v) is 3.28. The van der Waals surface area contributed by atoms with Gasteiger partial charge >= 0.3 is 0 Å². The van der Waals surface area contributed by atoms with Crippen LogP contribution in [0.3, 0.4) is 0 Å². The first-order valence-electron chi connectivity index (χ1n) is 5.55. The lowest BCUT2D eigenvalue weighted by Crippen LogP contribution is -2.23. The zero-order valence-electron chi connectivity index (χ0n) is 10.5. The second-order valence-electron chi connectivity index (χ2n) is 3.93. The Kier molecular flexibility index (Phi) is 4.43. The summed E-state index contributed by atoms with van der Waals surface area (Å²) in [6.07, 6.45) is 2.93. The molecule has 2 aromatic rings. The van der Waals surface area contributed by atoms with Crippen LogP contribution in [-0.4, -0.2) is 23.4 Å². The van der Waals surface area contributed by atoms with Crippen molar-refractivity contribution in [2.24, 2.45) is 5.73 Å². The van der Waals surface area contributed by atoms with E-state index in [2.05, 4.69) is 14.7 Å². The zero-order chi connectivity index (χ0) is 14.8. The topological polar surface area (TPSA) is 98.0 Å². The van der Waals surface area contributed by atoms with Crippen LogP contribution in [0, 0.1) is 6.92 Å². The van der Waals surface area contributed by atoms with Crippen LogP contribution < -0.4 is 10.5 Å². The zero-order valence-corrected chi connectivity index (χ0v) is 13.0. The highest BCUT2D eigenvalue weighted by molar-refractivity contribution is 7.89. The summed E-state index contributed by atoms with van der Waals surface area (Å²) in [6, 6.07) is 2.89. The smallest absolute Gasteiger partial charge is 0.242 e. The average Bonchev–Trinajstić information content (AvgIpc) is 2.82. The van der Waals surface area contributed by atoms with E-state index < -0.39 is 10.0 Å². The van der Waals surface area contributed by atoms with Crippen LogP contribution in [0.1, 0.15) is 15.6 Å². The largest absolute Gasteiger partial charge is 0.388 e. The van der Waals surface area contributed by atoms with Crippen molar-refractivity contribution in [2.75, 3.05) is 0 Å². The molecule has 0 radical (unpaired) electrons. The van der Waals surface area contributed by atoms with E-state index in [0.717, 1.165) is 4.88 Å². The summed E-state index contributed by atoms with van der Waals surface area (Å²) in [5.74, 6) is 0. The maximum atomic E-state index is 12.1. The summed E-state index contributed by atoms with van der Waals surface area (Å²) in [7, 11) is -3.62. The van der Waals surface area contributed by atoms with E-state index in [1.807, 2.05) is 6.92 Å². The molecular weight excluding hydrogens is 316 g/mol. The van der Waals surface area contributed by atoms with Crippen LogP contribution >= 0.6 is 23.6 Å². The van der Waals surface area contributed by atoms with E-state index in [1.54, 1.807) is 6.20 Å². The normalized spacial score (nSPS) is 11.4. The van der Waals surface area contributed by atoms with Crippen LogP contribution in [0.25, 0.3) is 0 Å². The van der Waals surface area contributed by atoms with Gasteiger partial charge in [0.25, 0.3) is 0 Å². The number of hydrogen-bond acceptors (Lipinski definition) is 6. The number of hydrogen-bond donors (Lipinski definition) is 2. The van der Waals surface area contributed by atoms with Gasteiger partial charge in [-0.15, -0.1) is 11.3 Å². The SMILES string of the molecule is Cc1cnc(CNS(=O)(=O)c2ccc(C(N)=S)nc2)s1. The summed E-state index contributed by atoms with van der Waals surface area (Å²) in [4.78, 5) is 9.21. The van der Waals surface area contributed by atoms with Gasteiger partial charge in [0.05, 0.1) is 12.2 Å². The molecule has 0 aliphatic carbocycles. The monoisotopic (exact) mass is 328 g/mol. The lowest BCUT2D eigenvalue weighted by Gasteiger charge is -2.05. The molecule has 0 spiro atoms. The molecule has 0 saturated heterocycles. The first-order valence-corrected chi connectivity index (χ1v) is 8.26. The molecule has 0 amide bonds. The van der Waals surface area contributed by atoms with Crippen molar-refractivity contribution in [1.29, 1.82) is 0 Å². The van der Waals surface area contributed by atoms with Gasteiger partial charge < -0.3 is 5.73 Å². The fraction of sp³-hybridized carbons (Fsp3) is 0.182. The molecule has 2 aromatic heterocycles. The lowest BCUT2D eigenvalue weighted by molar-refractivity contribution is 0.580. The van der Waals surface area contributed by atoms with E-state index in [1.165, 1.54) is 29.7 Å². The van der Waals surface area contributed by atoms with Gasteiger partial charge in [-0.1, -0.05) is 12.2 Å².